The lowest BCUT2D eigenvalue weighted by atomic mass is 9.87. The molecule has 0 spiro atoms. The van der Waals surface area contributed by atoms with Crippen LogP contribution in [0.4, 0.5) is 11.5 Å². The van der Waals surface area contributed by atoms with Crippen molar-refractivity contribution in [1.29, 1.82) is 0 Å². The first-order valence-corrected chi connectivity index (χ1v) is 13.0. The van der Waals surface area contributed by atoms with E-state index in [-0.39, 0.29) is 11.0 Å². The molecular weight excluding hydrogens is 458 g/mol. The number of anilines is 2. The summed E-state index contributed by atoms with van der Waals surface area (Å²) >= 11 is 0. The van der Waals surface area contributed by atoms with Crippen LogP contribution in [0.3, 0.4) is 0 Å². The molecule has 0 aliphatic heterocycles. The third-order valence-corrected chi connectivity index (χ3v) is 7.49. The number of benzene rings is 2. The van der Waals surface area contributed by atoms with Crippen LogP contribution >= 0.6 is 0 Å². The van der Waals surface area contributed by atoms with Gasteiger partial charge in [-0.1, -0.05) is 45.0 Å². The Hall–Kier alpha value is -3.64. The van der Waals surface area contributed by atoms with E-state index in [1.807, 2.05) is 16.8 Å². The molecule has 1 aliphatic rings. The highest BCUT2D eigenvalue weighted by Crippen LogP contribution is 2.29. The molecule has 0 bridgehead atoms. The zero-order valence-corrected chi connectivity index (χ0v) is 22.6. The molecule has 2 aromatic carbocycles. The lowest BCUT2D eigenvalue weighted by molar-refractivity contribution is 0.268. The van der Waals surface area contributed by atoms with Gasteiger partial charge in [0.15, 0.2) is 0 Å². The van der Waals surface area contributed by atoms with Crippen LogP contribution in [0.15, 0.2) is 72.2 Å². The molecule has 1 aliphatic carbocycles. The van der Waals surface area contributed by atoms with E-state index in [1.165, 1.54) is 23.1 Å². The van der Waals surface area contributed by atoms with Crippen LogP contribution < -0.4 is 10.9 Å². The number of nitrogens with one attached hydrogen (secondary N) is 1. The summed E-state index contributed by atoms with van der Waals surface area (Å²) in [6.45, 7) is 10.9. The van der Waals surface area contributed by atoms with Crippen LogP contribution in [0.1, 0.15) is 43.9 Å². The summed E-state index contributed by atoms with van der Waals surface area (Å²) in [5.41, 5.74) is 6.75. The van der Waals surface area contributed by atoms with Gasteiger partial charge in [0.1, 0.15) is 5.82 Å². The molecule has 0 saturated carbocycles. The van der Waals surface area contributed by atoms with Gasteiger partial charge in [-0.25, -0.2) is 14.3 Å². The quantitative estimate of drug-likeness (QED) is 0.342. The van der Waals surface area contributed by atoms with Crippen molar-refractivity contribution in [2.45, 2.75) is 58.0 Å². The zero-order chi connectivity index (χ0) is 26.3. The number of aromatic nitrogens is 3. The molecule has 5 rings (SSSR count). The highest BCUT2D eigenvalue weighted by molar-refractivity contribution is 5.83. The van der Waals surface area contributed by atoms with Gasteiger partial charge in [0, 0.05) is 24.0 Å². The first-order valence-electron chi connectivity index (χ1n) is 13.0. The highest BCUT2D eigenvalue weighted by Gasteiger charge is 2.21. The van der Waals surface area contributed by atoms with Crippen LogP contribution in [0, 0.1) is 0 Å². The van der Waals surface area contributed by atoms with Gasteiger partial charge in [0.25, 0.3) is 5.56 Å². The van der Waals surface area contributed by atoms with Crippen molar-refractivity contribution in [3.63, 3.8) is 0 Å². The van der Waals surface area contributed by atoms with Crippen LogP contribution in [-0.4, -0.2) is 39.4 Å². The Morgan fingerprint density at radius 3 is 2.68 bits per heavy atom. The second-order valence-electron chi connectivity index (χ2n) is 11.3. The van der Waals surface area contributed by atoms with E-state index < -0.39 is 0 Å². The maximum Gasteiger partial charge on any atom is 0.276 e. The Kier molecular flexibility index (Phi) is 6.54. The number of rotatable bonds is 6. The van der Waals surface area contributed by atoms with E-state index in [0.29, 0.717) is 23.8 Å². The molecule has 1 atom stereocenters. The van der Waals surface area contributed by atoms with Crippen molar-refractivity contribution in [1.82, 2.24) is 19.2 Å². The standard InChI is InChI=1S/C31H37N5O/c1-7-15-35-30(37)27-20-32-29(19-28(27)36(35)26-10-8-9-23(18-26)31(2,3)4)33-24-13-11-22-17-25(34(5)6)14-12-21(22)16-24/h7-11,13,16,18-20,25H,1,12,14-15,17H2,2-6H3,(H,32,33). The van der Waals surface area contributed by atoms with Gasteiger partial charge in [0.2, 0.25) is 0 Å². The van der Waals surface area contributed by atoms with Crippen molar-refractivity contribution in [2.75, 3.05) is 19.4 Å². The van der Waals surface area contributed by atoms with E-state index in [9.17, 15) is 4.79 Å². The zero-order valence-electron chi connectivity index (χ0n) is 22.6. The van der Waals surface area contributed by atoms with Gasteiger partial charge in [-0.2, -0.15) is 0 Å². The molecule has 192 valence electrons. The number of hydrogen-bond acceptors (Lipinski definition) is 4. The molecule has 2 aromatic heterocycles. The van der Waals surface area contributed by atoms with E-state index in [4.69, 9.17) is 0 Å². The number of allylic oxidation sites excluding steroid dienone is 1. The maximum atomic E-state index is 13.3. The normalized spacial score (nSPS) is 15.7. The van der Waals surface area contributed by atoms with E-state index in [2.05, 4.69) is 93.0 Å². The van der Waals surface area contributed by atoms with Crippen molar-refractivity contribution >= 4 is 22.4 Å². The Bertz CT molecular complexity index is 1520. The number of fused-ring (bicyclic) bond motifs is 2. The molecule has 6 heteroatoms. The van der Waals surface area contributed by atoms with Gasteiger partial charge in [-0.05, 0) is 79.7 Å². The van der Waals surface area contributed by atoms with Crippen LogP contribution in [0.2, 0.25) is 0 Å². The molecule has 0 radical (unpaired) electrons. The molecule has 37 heavy (non-hydrogen) atoms. The molecule has 1 N–H and O–H groups in total. The minimum Gasteiger partial charge on any atom is -0.340 e. The third kappa shape index (κ3) is 4.86. The Morgan fingerprint density at radius 1 is 1.14 bits per heavy atom. The summed E-state index contributed by atoms with van der Waals surface area (Å²) < 4.78 is 3.72. The summed E-state index contributed by atoms with van der Waals surface area (Å²) in [7, 11) is 4.32. The largest absolute Gasteiger partial charge is 0.340 e. The molecule has 0 amide bonds. The topological polar surface area (TPSA) is 55.1 Å². The van der Waals surface area contributed by atoms with Crippen molar-refractivity contribution in [3.05, 3.63) is 94.4 Å². The molecule has 6 nitrogen and oxygen atoms in total. The van der Waals surface area contributed by atoms with Gasteiger partial charge in [-0.3, -0.25) is 4.79 Å². The van der Waals surface area contributed by atoms with Gasteiger partial charge >= 0.3 is 0 Å². The van der Waals surface area contributed by atoms with Gasteiger partial charge in [0.05, 0.1) is 23.1 Å². The predicted octanol–water partition coefficient (Wildman–Crippen LogP) is 5.83. The fourth-order valence-corrected chi connectivity index (χ4v) is 5.28. The van der Waals surface area contributed by atoms with Gasteiger partial charge in [-0.15, -0.1) is 6.58 Å². The summed E-state index contributed by atoms with van der Waals surface area (Å²) in [5.74, 6) is 0.714. The Balaban J connectivity index is 1.55. The van der Waals surface area contributed by atoms with Crippen molar-refractivity contribution in [2.24, 2.45) is 0 Å². The number of pyridine rings is 1. The maximum absolute atomic E-state index is 13.3. The monoisotopic (exact) mass is 495 g/mol. The van der Waals surface area contributed by atoms with Crippen LogP contribution in [-0.2, 0) is 24.8 Å². The summed E-state index contributed by atoms with van der Waals surface area (Å²) in [6.07, 6.45) is 6.77. The third-order valence-electron chi connectivity index (χ3n) is 7.49. The van der Waals surface area contributed by atoms with Crippen LogP contribution in [0.25, 0.3) is 16.6 Å². The van der Waals surface area contributed by atoms with Crippen molar-refractivity contribution < 1.29 is 0 Å². The minimum atomic E-state index is -0.0701. The smallest absolute Gasteiger partial charge is 0.276 e. The number of hydrogen-bond donors (Lipinski definition) is 1. The summed E-state index contributed by atoms with van der Waals surface area (Å²) in [4.78, 5) is 20.3. The summed E-state index contributed by atoms with van der Waals surface area (Å²) in [6, 6.07) is 17.6. The minimum absolute atomic E-state index is 0.00416. The number of nitrogens with zero attached hydrogens (tertiary/aromatic N) is 4. The molecule has 1 unspecified atom stereocenters. The van der Waals surface area contributed by atoms with E-state index in [0.717, 1.165) is 29.7 Å². The lowest BCUT2D eigenvalue weighted by Crippen LogP contribution is -2.33. The first-order chi connectivity index (χ1) is 17.7. The molecule has 0 fully saturated rings. The van der Waals surface area contributed by atoms with Gasteiger partial charge < -0.3 is 10.2 Å². The van der Waals surface area contributed by atoms with Crippen LogP contribution in [0.5, 0.6) is 0 Å². The number of likely N-dealkylation sites (N-methyl/N-ethyl adjacent to an activating group) is 1. The SMILES string of the molecule is C=CCn1c(=O)c2cnc(Nc3ccc4c(c3)CCC(N(C)C)C4)cc2n1-c1cccc(C(C)(C)C)c1. The second kappa shape index (κ2) is 9.67. The van der Waals surface area contributed by atoms with Crippen molar-refractivity contribution in [3.8, 4) is 5.69 Å². The average molecular weight is 496 g/mol. The molecule has 4 aromatic rings. The lowest BCUT2D eigenvalue weighted by Gasteiger charge is -2.30. The Labute approximate surface area is 219 Å². The second-order valence-corrected chi connectivity index (χ2v) is 11.3. The molecule has 0 saturated heterocycles. The fraction of sp³-hybridized carbons (Fsp3) is 0.355. The van der Waals surface area contributed by atoms with E-state index in [1.54, 1.807) is 17.0 Å². The molecular formula is C31H37N5O. The molecule has 2 heterocycles. The first kappa shape index (κ1) is 25.0. The predicted molar refractivity (Wildman–Crippen MR) is 153 cm³/mol. The highest BCUT2D eigenvalue weighted by atomic mass is 16.1. The Morgan fingerprint density at radius 2 is 1.95 bits per heavy atom. The van der Waals surface area contributed by atoms with E-state index >= 15 is 0 Å². The number of aryl methyl sites for hydroxylation is 1. The summed E-state index contributed by atoms with van der Waals surface area (Å²) in [5, 5.41) is 4.08. The fourth-order valence-electron chi connectivity index (χ4n) is 5.28. The average Bonchev–Trinajstić information content (AvgIpc) is 3.14.